The third-order valence-corrected chi connectivity index (χ3v) is 5.49. The molecule has 2 heterocycles. The molecule has 0 bridgehead atoms. The summed E-state index contributed by atoms with van der Waals surface area (Å²) in [5.41, 5.74) is 2.91. The van der Waals surface area contributed by atoms with Gasteiger partial charge in [-0.3, -0.25) is 4.90 Å². The number of hydrogen-bond donors (Lipinski definition) is 0. The average molecular weight is 352 g/mol. The van der Waals surface area contributed by atoms with Gasteiger partial charge in [-0.1, -0.05) is 35.5 Å². The highest BCUT2D eigenvalue weighted by Gasteiger charge is 2.19. The van der Waals surface area contributed by atoms with Gasteiger partial charge >= 0.3 is 0 Å². The SMILES string of the molecule is Fc1ccc2c(CCCC3CCN(Cc4ccccc4)CC3)noc2c1. The molecule has 1 saturated heterocycles. The van der Waals surface area contributed by atoms with Gasteiger partial charge in [0.05, 0.1) is 5.69 Å². The van der Waals surface area contributed by atoms with Crippen molar-refractivity contribution in [2.75, 3.05) is 13.1 Å². The zero-order valence-electron chi connectivity index (χ0n) is 15.0. The second-order valence-electron chi connectivity index (χ2n) is 7.37. The molecule has 4 heteroatoms. The van der Waals surface area contributed by atoms with Crippen LogP contribution in [0.2, 0.25) is 0 Å². The lowest BCUT2D eigenvalue weighted by atomic mass is 9.91. The van der Waals surface area contributed by atoms with Crippen molar-refractivity contribution < 1.29 is 8.91 Å². The Bertz CT molecular complexity index is 838. The molecule has 2 aromatic carbocycles. The number of hydrogen-bond acceptors (Lipinski definition) is 3. The summed E-state index contributed by atoms with van der Waals surface area (Å²) in [5.74, 6) is 0.528. The van der Waals surface area contributed by atoms with E-state index in [4.69, 9.17) is 4.52 Å². The van der Waals surface area contributed by atoms with E-state index in [1.54, 1.807) is 6.07 Å². The van der Waals surface area contributed by atoms with Crippen LogP contribution < -0.4 is 0 Å². The average Bonchev–Trinajstić information content (AvgIpc) is 3.06. The van der Waals surface area contributed by atoms with Gasteiger partial charge in [0.1, 0.15) is 5.82 Å². The lowest BCUT2D eigenvalue weighted by Gasteiger charge is -2.32. The predicted octanol–water partition coefficient (Wildman–Crippen LogP) is 5.20. The number of aromatic nitrogens is 1. The highest BCUT2D eigenvalue weighted by atomic mass is 19.1. The van der Waals surface area contributed by atoms with Crippen LogP contribution in [0, 0.1) is 11.7 Å². The maximum atomic E-state index is 13.2. The van der Waals surface area contributed by atoms with Gasteiger partial charge in [0.25, 0.3) is 0 Å². The maximum Gasteiger partial charge on any atom is 0.170 e. The molecule has 3 aromatic rings. The molecule has 136 valence electrons. The van der Waals surface area contributed by atoms with Crippen LogP contribution in [0.25, 0.3) is 11.0 Å². The van der Waals surface area contributed by atoms with Gasteiger partial charge < -0.3 is 4.52 Å². The van der Waals surface area contributed by atoms with Crippen molar-refractivity contribution in [1.29, 1.82) is 0 Å². The van der Waals surface area contributed by atoms with E-state index < -0.39 is 0 Å². The molecular formula is C22H25FN2O. The Morgan fingerprint density at radius 3 is 2.69 bits per heavy atom. The predicted molar refractivity (Wildman–Crippen MR) is 101 cm³/mol. The molecule has 1 aliphatic heterocycles. The molecule has 0 aliphatic carbocycles. The number of nitrogens with zero attached hydrogens (tertiary/aromatic N) is 2. The van der Waals surface area contributed by atoms with Crippen LogP contribution in [0.4, 0.5) is 4.39 Å². The summed E-state index contributed by atoms with van der Waals surface area (Å²) >= 11 is 0. The summed E-state index contributed by atoms with van der Waals surface area (Å²) in [7, 11) is 0. The molecule has 3 nitrogen and oxygen atoms in total. The Morgan fingerprint density at radius 1 is 1.08 bits per heavy atom. The largest absolute Gasteiger partial charge is 0.356 e. The number of rotatable bonds is 6. The molecule has 1 aliphatic rings. The Balaban J connectivity index is 1.22. The van der Waals surface area contributed by atoms with E-state index in [2.05, 4.69) is 40.4 Å². The van der Waals surface area contributed by atoms with E-state index in [9.17, 15) is 4.39 Å². The molecule has 0 radical (unpaired) electrons. The number of fused-ring (bicyclic) bond motifs is 1. The minimum absolute atomic E-state index is 0.275. The molecule has 4 rings (SSSR count). The third kappa shape index (κ3) is 4.13. The second-order valence-corrected chi connectivity index (χ2v) is 7.37. The topological polar surface area (TPSA) is 29.3 Å². The zero-order valence-corrected chi connectivity index (χ0v) is 15.0. The first-order valence-corrected chi connectivity index (χ1v) is 9.58. The molecule has 0 saturated carbocycles. The van der Waals surface area contributed by atoms with Gasteiger partial charge in [0.15, 0.2) is 5.58 Å². The van der Waals surface area contributed by atoms with Crippen molar-refractivity contribution in [3.05, 3.63) is 65.6 Å². The van der Waals surface area contributed by atoms with E-state index in [1.807, 2.05) is 0 Å². The van der Waals surface area contributed by atoms with E-state index in [0.29, 0.717) is 5.58 Å². The molecule has 0 amide bonds. The monoisotopic (exact) mass is 352 g/mol. The summed E-state index contributed by atoms with van der Waals surface area (Å²) < 4.78 is 18.5. The molecule has 1 aromatic heterocycles. The lowest BCUT2D eigenvalue weighted by Crippen LogP contribution is -2.33. The lowest BCUT2D eigenvalue weighted by molar-refractivity contribution is 0.171. The number of benzene rings is 2. The van der Waals surface area contributed by atoms with Crippen molar-refractivity contribution in [2.24, 2.45) is 5.92 Å². The van der Waals surface area contributed by atoms with Crippen molar-refractivity contribution >= 4 is 11.0 Å². The first-order valence-electron chi connectivity index (χ1n) is 9.58. The van der Waals surface area contributed by atoms with Gasteiger partial charge in [-0.25, -0.2) is 4.39 Å². The fourth-order valence-corrected chi connectivity index (χ4v) is 3.98. The molecular weight excluding hydrogens is 327 g/mol. The van der Waals surface area contributed by atoms with E-state index >= 15 is 0 Å². The summed E-state index contributed by atoms with van der Waals surface area (Å²) in [6.07, 6.45) is 5.80. The first kappa shape index (κ1) is 17.2. The standard InChI is InChI=1S/C22H25FN2O/c23-19-9-10-20-21(24-26-22(20)15-19)8-4-7-17-11-13-25(14-12-17)16-18-5-2-1-3-6-18/h1-3,5-6,9-10,15,17H,4,7-8,11-14,16H2. The minimum atomic E-state index is -0.275. The maximum absolute atomic E-state index is 13.2. The van der Waals surface area contributed by atoms with Crippen LogP contribution in [0.1, 0.15) is 36.9 Å². The van der Waals surface area contributed by atoms with E-state index in [0.717, 1.165) is 36.4 Å². The van der Waals surface area contributed by atoms with Crippen molar-refractivity contribution in [1.82, 2.24) is 10.1 Å². The zero-order chi connectivity index (χ0) is 17.8. The summed E-state index contributed by atoms with van der Waals surface area (Å²) in [6.45, 7) is 3.44. The van der Waals surface area contributed by atoms with Gasteiger partial charge in [0.2, 0.25) is 0 Å². The summed E-state index contributed by atoms with van der Waals surface area (Å²) in [4.78, 5) is 2.56. The Morgan fingerprint density at radius 2 is 1.88 bits per heavy atom. The van der Waals surface area contributed by atoms with Crippen LogP contribution in [0.5, 0.6) is 0 Å². The minimum Gasteiger partial charge on any atom is -0.356 e. The number of halogens is 1. The van der Waals surface area contributed by atoms with Crippen LogP contribution in [0.3, 0.4) is 0 Å². The van der Waals surface area contributed by atoms with Crippen molar-refractivity contribution in [3.8, 4) is 0 Å². The molecule has 0 N–H and O–H groups in total. The third-order valence-electron chi connectivity index (χ3n) is 5.49. The van der Waals surface area contributed by atoms with Crippen LogP contribution in [0.15, 0.2) is 53.1 Å². The van der Waals surface area contributed by atoms with Gasteiger partial charge in [-0.2, -0.15) is 0 Å². The molecule has 0 atom stereocenters. The number of aryl methyl sites for hydroxylation is 1. The number of likely N-dealkylation sites (tertiary alicyclic amines) is 1. The van der Waals surface area contributed by atoms with Crippen LogP contribution in [-0.4, -0.2) is 23.1 Å². The number of piperidine rings is 1. The molecule has 0 spiro atoms. The second kappa shape index (κ2) is 8.00. The van der Waals surface area contributed by atoms with E-state index in [-0.39, 0.29) is 5.82 Å². The van der Waals surface area contributed by atoms with Gasteiger partial charge in [0, 0.05) is 18.0 Å². The quantitative estimate of drug-likeness (QED) is 0.610. The Hall–Kier alpha value is -2.20. The van der Waals surface area contributed by atoms with Crippen molar-refractivity contribution in [3.63, 3.8) is 0 Å². The Kier molecular flexibility index (Phi) is 5.30. The highest BCUT2D eigenvalue weighted by Crippen LogP contribution is 2.26. The fraction of sp³-hybridized carbons (Fsp3) is 0.409. The molecule has 0 unspecified atom stereocenters. The molecule has 26 heavy (non-hydrogen) atoms. The molecule has 1 fully saturated rings. The van der Waals surface area contributed by atoms with Crippen LogP contribution in [-0.2, 0) is 13.0 Å². The van der Waals surface area contributed by atoms with Gasteiger partial charge in [-0.15, -0.1) is 0 Å². The smallest absolute Gasteiger partial charge is 0.170 e. The van der Waals surface area contributed by atoms with Crippen molar-refractivity contribution in [2.45, 2.75) is 38.6 Å². The van der Waals surface area contributed by atoms with Gasteiger partial charge in [-0.05, 0) is 68.8 Å². The first-order chi connectivity index (χ1) is 12.8. The summed E-state index contributed by atoms with van der Waals surface area (Å²) in [5, 5.41) is 5.08. The Labute approximate surface area is 153 Å². The normalized spacial score (nSPS) is 16.3. The fourth-order valence-electron chi connectivity index (χ4n) is 3.98. The van der Waals surface area contributed by atoms with E-state index in [1.165, 1.54) is 50.0 Å². The highest BCUT2D eigenvalue weighted by molar-refractivity contribution is 5.79. The van der Waals surface area contributed by atoms with Crippen LogP contribution >= 0.6 is 0 Å². The summed E-state index contributed by atoms with van der Waals surface area (Å²) in [6, 6.07) is 15.4.